The number of likely N-dealkylation sites (tertiary alicyclic amines) is 1. The van der Waals surface area contributed by atoms with Gasteiger partial charge in [0.2, 0.25) is 0 Å². The summed E-state index contributed by atoms with van der Waals surface area (Å²) in [4.78, 5) is 2.28. The first-order valence-electron chi connectivity index (χ1n) is 5.35. The summed E-state index contributed by atoms with van der Waals surface area (Å²) in [5.41, 5.74) is 0. The first-order chi connectivity index (χ1) is 7.24. The van der Waals surface area contributed by atoms with Gasteiger partial charge in [0.25, 0.3) is 0 Å². The Morgan fingerprint density at radius 2 is 2.07 bits per heavy atom. The fourth-order valence-corrected chi connectivity index (χ4v) is 1.84. The van der Waals surface area contributed by atoms with E-state index in [0.29, 0.717) is 5.75 Å². The Labute approximate surface area is 89.7 Å². The number of nitrogens with zero attached hydrogens (tertiary/aromatic N) is 1. The maximum absolute atomic E-state index is 12.9. The van der Waals surface area contributed by atoms with Gasteiger partial charge in [-0.15, -0.1) is 0 Å². The monoisotopic (exact) mass is 209 g/mol. The van der Waals surface area contributed by atoms with Crippen molar-refractivity contribution in [3.63, 3.8) is 0 Å². The molecule has 0 unspecified atom stereocenters. The molecule has 2 nitrogen and oxygen atoms in total. The predicted molar refractivity (Wildman–Crippen MR) is 57.5 cm³/mol. The highest BCUT2D eigenvalue weighted by atomic mass is 19.1. The summed E-state index contributed by atoms with van der Waals surface area (Å²) >= 11 is 0. The van der Waals surface area contributed by atoms with Crippen LogP contribution in [-0.4, -0.2) is 31.1 Å². The lowest BCUT2D eigenvalue weighted by Gasteiger charge is -2.29. The quantitative estimate of drug-likeness (QED) is 0.741. The van der Waals surface area contributed by atoms with E-state index >= 15 is 0 Å². The summed E-state index contributed by atoms with van der Waals surface area (Å²) in [5.74, 6) is 0.407. The molecule has 15 heavy (non-hydrogen) atoms. The molecule has 2 rings (SSSR count). The normalized spacial score (nSPS) is 19.1. The van der Waals surface area contributed by atoms with Gasteiger partial charge in [-0.05, 0) is 32.0 Å². The summed E-state index contributed by atoms with van der Waals surface area (Å²) in [6, 6.07) is 6.36. The van der Waals surface area contributed by atoms with Crippen molar-refractivity contribution in [1.29, 1.82) is 0 Å². The fraction of sp³-hybridized carbons (Fsp3) is 0.500. The van der Waals surface area contributed by atoms with Crippen LogP contribution >= 0.6 is 0 Å². The summed E-state index contributed by atoms with van der Waals surface area (Å²) in [6.45, 7) is 2.11. The van der Waals surface area contributed by atoms with Crippen molar-refractivity contribution in [2.45, 2.75) is 18.9 Å². The smallest absolute Gasteiger partial charge is 0.126 e. The SMILES string of the molecule is CN1CCC(Oc2cccc(F)c2)CC1. The Morgan fingerprint density at radius 1 is 1.33 bits per heavy atom. The zero-order valence-electron chi connectivity index (χ0n) is 8.95. The summed E-state index contributed by atoms with van der Waals surface area (Å²) < 4.78 is 18.6. The van der Waals surface area contributed by atoms with E-state index in [2.05, 4.69) is 11.9 Å². The van der Waals surface area contributed by atoms with E-state index in [9.17, 15) is 4.39 Å². The third kappa shape index (κ3) is 2.93. The molecule has 0 spiro atoms. The van der Waals surface area contributed by atoms with Crippen molar-refractivity contribution in [3.8, 4) is 5.75 Å². The zero-order chi connectivity index (χ0) is 10.7. The molecule has 0 N–H and O–H groups in total. The third-order valence-corrected chi connectivity index (χ3v) is 2.76. The lowest BCUT2D eigenvalue weighted by atomic mass is 10.1. The Balaban J connectivity index is 1.92. The number of ether oxygens (including phenoxy) is 1. The summed E-state index contributed by atoms with van der Waals surface area (Å²) in [6.07, 6.45) is 2.28. The van der Waals surface area contributed by atoms with Gasteiger partial charge < -0.3 is 9.64 Å². The molecule has 3 heteroatoms. The predicted octanol–water partition coefficient (Wildman–Crippen LogP) is 2.30. The van der Waals surface area contributed by atoms with E-state index < -0.39 is 0 Å². The van der Waals surface area contributed by atoms with E-state index in [1.807, 2.05) is 0 Å². The molecule has 1 saturated heterocycles. The van der Waals surface area contributed by atoms with Gasteiger partial charge in [-0.3, -0.25) is 0 Å². The van der Waals surface area contributed by atoms with Gasteiger partial charge >= 0.3 is 0 Å². The van der Waals surface area contributed by atoms with Crippen molar-refractivity contribution in [2.24, 2.45) is 0 Å². The maximum atomic E-state index is 12.9. The second kappa shape index (κ2) is 4.62. The molecule has 0 radical (unpaired) electrons. The molecule has 0 atom stereocenters. The van der Waals surface area contributed by atoms with Crippen LogP contribution in [0, 0.1) is 5.82 Å². The van der Waals surface area contributed by atoms with Gasteiger partial charge in [0, 0.05) is 19.2 Å². The Hall–Kier alpha value is -1.09. The Bertz CT molecular complexity index is 321. The Kier molecular flexibility index (Phi) is 3.21. The molecule has 0 saturated carbocycles. The van der Waals surface area contributed by atoms with Crippen LogP contribution in [0.15, 0.2) is 24.3 Å². The van der Waals surface area contributed by atoms with Gasteiger partial charge in [0.05, 0.1) is 0 Å². The van der Waals surface area contributed by atoms with Gasteiger partial charge in [-0.2, -0.15) is 0 Å². The lowest BCUT2D eigenvalue weighted by Crippen LogP contribution is -2.35. The molecular weight excluding hydrogens is 193 g/mol. The largest absolute Gasteiger partial charge is 0.490 e. The van der Waals surface area contributed by atoms with E-state index in [1.165, 1.54) is 12.1 Å². The van der Waals surface area contributed by atoms with E-state index in [4.69, 9.17) is 4.74 Å². The van der Waals surface area contributed by atoms with Crippen LogP contribution in [-0.2, 0) is 0 Å². The van der Waals surface area contributed by atoms with Gasteiger partial charge in [-0.25, -0.2) is 4.39 Å². The maximum Gasteiger partial charge on any atom is 0.126 e. The molecule has 1 fully saturated rings. The van der Waals surface area contributed by atoms with Crippen molar-refractivity contribution in [2.75, 3.05) is 20.1 Å². The highest BCUT2D eigenvalue weighted by Gasteiger charge is 2.17. The minimum atomic E-state index is -0.236. The van der Waals surface area contributed by atoms with Gasteiger partial charge in [0.1, 0.15) is 17.7 Å². The number of piperidine rings is 1. The molecule has 1 aromatic carbocycles. The van der Waals surface area contributed by atoms with Crippen LogP contribution in [0.1, 0.15) is 12.8 Å². The Morgan fingerprint density at radius 3 is 2.73 bits per heavy atom. The minimum Gasteiger partial charge on any atom is -0.490 e. The highest BCUT2D eigenvalue weighted by molar-refractivity contribution is 5.22. The van der Waals surface area contributed by atoms with Crippen LogP contribution < -0.4 is 4.74 Å². The minimum absolute atomic E-state index is 0.236. The first-order valence-corrected chi connectivity index (χ1v) is 5.35. The van der Waals surface area contributed by atoms with Crippen LogP contribution in [0.4, 0.5) is 4.39 Å². The number of rotatable bonds is 2. The first kappa shape index (κ1) is 10.4. The van der Waals surface area contributed by atoms with E-state index in [0.717, 1.165) is 25.9 Å². The van der Waals surface area contributed by atoms with E-state index in [1.54, 1.807) is 12.1 Å². The molecular formula is C12H16FNO. The zero-order valence-corrected chi connectivity index (χ0v) is 8.95. The molecule has 1 aliphatic heterocycles. The summed E-state index contributed by atoms with van der Waals surface area (Å²) in [5, 5.41) is 0. The third-order valence-electron chi connectivity index (χ3n) is 2.76. The second-order valence-corrected chi connectivity index (χ2v) is 4.08. The van der Waals surface area contributed by atoms with Crippen molar-refractivity contribution < 1.29 is 9.13 Å². The van der Waals surface area contributed by atoms with Crippen LogP contribution in [0.5, 0.6) is 5.75 Å². The van der Waals surface area contributed by atoms with Gasteiger partial charge in [0.15, 0.2) is 0 Å². The lowest BCUT2D eigenvalue weighted by molar-refractivity contribution is 0.114. The average molecular weight is 209 g/mol. The number of halogens is 1. The van der Waals surface area contributed by atoms with Crippen molar-refractivity contribution in [1.82, 2.24) is 4.90 Å². The van der Waals surface area contributed by atoms with Crippen molar-refractivity contribution in [3.05, 3.63) is 30.1 Å². The number of hydrogen-bond acceptors (Lipinski definition) is 2. The van der Waals surface area contributed by atoms with Crippen LogP contribution in [0.3, 0.4) is 0 Å². The molecule has 1 aromatic rings. The van der Waals surface area contributed by atoms with Crippen molar-refractivity contribution >= 4 is 0 Å². The fourth-order valence-electron chi connectivity index (χ4n) is 1.84. The van der Waals surface area contributed by atoms with Crippen LogP contribution in [0.25, 0.3) is 0 Å². The average Bonchev–Trinajstić information content (AvgIpc) is 2.22. The molecule has 1 aliphatic rings. The topological polar surface area (TPSA) is 12.5 Å². The van der Waals surface area contributed by atoms with Gasteiger partial charge in [-0.1, -0.05) is 6.07 Å². The standard InChI is InChI=1S/C12H16FNO/c1-14-7-5-11(6-8-14)15-12-4-2-3-10(13)9-12/h2-4,9,11H,5-8H2,1H3. The van der Waals surface area contributed by atoms with Crippen LogP contribution in [0.2, 0.25) is 0 Å². The van der Waals surface area contributed by atoms with E-state index in [-0.39, 0.29) is 11.9 Å². The molecule has 82 valence electrons. The molecule has 0 aromatic heterocycles. The second-order valence-electron chi connectivity index (χ2n) is 4.08. The molecule has 0 bridgehead atoms. The molecule has 0 aliphatic carbocycles. The highest BCUT2D eigenvalue weighted by Crippen LogP contribution is 2.18. The number of benzene rings is 1. The molecule has 1 heterocycles. The number of hydrogen-bond donors (Lipinski definition) is 0. The molecule has 0 amide bonds. The summed E-state index contributed by atoms with van der Waals surface area (Å²) in [7, 11) is 2.11.